The number of carbonyl (C=O) groups is 3. The fourth-order valence-corrected chi connectivity index (χ4v) is 3.18. The van der Waals surface area contributed by atoms with Crippen molar-refractivity contribution < 1.29 is 33.4 Å². The number of halogens is 1. The van der Waals surface area contributed by atoms with E-state index in [0.717, 1.165) is 0 Å². The van der Waals surface area contributed by atoms with Crippen molar-refractivity contribution in [3.63, 3.8) is 0 Å². The lowest BCUT2D eigenvalue weighted by Gasteiger charge is -2.12. The summed E-state index contributed by atoms with van der Waals surface area (Å²) in [4.78, 5) is 36.6. The summed E-state index contributed by atoms with van der Waals surface area (Å²) in [7, 11) is 0. The van der Waals surface area contributed by atoms with E-state index in [1.807, 2.05) is 0 Å². The Bertz CT molecular complexity index is 1250. The van der Waals surface area contributed by atoms with E-state index < -0.39 is 17.8 Å². The van der Waals surface area contributed by atoms with Crippen molar-refractivity contribution in [2.24, 2.45) is 0 Å². The number of carboxylic acids is 1. The number of carboxylic acid groups (broad SMARTS) is 1. The lowest BCUT2D eigenvalue weighted by Crippen LogP contribution is -2.30. The summed E-state index contributed by atoms with van der Waals surface area (Å²) in [5.41, 5.74) is 0.556. The van der Waals surface area contributed by atoms with Gasteiger partial charge in [-0.2, -0.15) is 0 Å². The standard InChI is InChI=1S/C22H15BrN2O7/c23-19-7-6-17(32-19)21(27)25-15(8-12-4-5-16-18(9-12)31-11-30-16)20(26)24-14-3-1-2-13(10-14)22(28)29/h1-10H,11H2,(H,24,26)(H,25,27)(H,28,29)/p-1/b15-8-. The summed E-state index contributed by atoms with van der Waals surface area (Å²) in [5, 5.41) is 16.2. The molecule has 162 valence electrons. The minimum Gasteiger partial charge on any atom is -0.545 e. The summed E-state index contributed by atoms with van der Waals surface area (Å²) in [6, 6.07) is 13.6. The average Bonchev–Trinajstić information content (AvgIpc) is 3.41. The molecule has 1 aliphatic rings. The van der Waals surface area contributed by atoms with E-state index in [1.165, 1.54) is 36.4 Å². The van der Waals surface area contributed by atoms with Crippen LogP contribution in [-0.4, -0.2) is 24.6 Å². The Labute approximate surface area is 189 Å². The molecule has 3 aromatic rings. The molecular formula is C22H14BrN2O7-. The number of hydrogen-bond acceptors (Lipinski definition) is 7. The second-order valence-electron chi connectivity index (χ2n) is 6.55. The maximum atomic E-state index is 13.0. The van der Waals surface area contributed by atoms with Crippen LogP contribution in [0, 0.1) is 0 Å². The van der Waals surface area contributed by atoms with Gasteiger partial charge in [0.2, 0.25) is 6.79 Å². The molecule has 2 amide bonds. The minimum absolute atomic E-state index is 0.0137. The fourth-order valence-electron chi connectivity index (χ4n) is 2.87. The highest BCUT2D eigenvalue weighted by atomic mass is 79.9. The fraction of sp³-hybridized carbons (Fsp3) is 0.0455. The summed E-state index contributed by atoms with van der Waals surface area (Å²) < 4.78 is 16.2. The Kier molecular flexibility index (Phi) is 5.95. The van der Waals surface area contributed by atoms with Crippen molar-refractivity contribution in [1.82, 2.24) is 5.32 Å². The molecule has 10 heteroatoms. The number of aromatic carboxylic acids is 1. The highest BCUT2D eigenvalue weighted by molar-refractivity contribution is 9.10. The lowest BCUT2D eigenvalue weighted by atomic mass is 10.1. The SMILES string of the molecule is O=C(Nc1cccc(C(=O)[O-])c1)/C(=C/c1ccc2c(c1)OCO2)NC(=O)c1ccc(Br)o1. The number of fused-ring (bicyclic) bond motifs is 1. The third-order valence-electron chi connectivity index (χ3n) is 4.35. The number of ether oxygens (including phenoxy) is 2. The third kappa shape index (κ3) is 4.81. The lowest BCUT2D eigenvalue weighted by molar-refractivity contribution is -0.255. The zero-order chi connectivity index (χ0) is 22.7. The Morgan fingerprint density at radius 1 is 1.00 bits per heavy atom. The molecular weight excluding hydrogens is 484 g/mol. The van der Waals surface area contributed by atoms with Crippen LogP contribution in [-0.2, 0) is 4.79 Å². The number of benzene rings is 2. The number of rotatable bonds is 6. The molecule has 0 aliphatic carbocycles. The highest BCUT2D eigenvalue weighted by Gasteiger charge is 2.19. The van der Waals surface area contributed by atoms with Crippen molar-refractivity contribution >= 4 is 45.5 Å². The number of hydrogen-bond donors (Lipinski definition) is 2. The van der Waals surface area contributed by atoms with Crippen LogP contribution in [0.15, 0.2) is 69.4 Å². The molecule has 2 aromatic carbocycles. The summed E-state index contributed by atoms with van der Waals surface area (Å²) in [5.74, 6) is -1.66. The Morgan fingerprint density at radius 3 is 2.56 bits per heavy atom. The van der Waals surface area contributed by atoms with Crippen molar-refractivity contribution in [2.45, 2.75) is 0 Å². The first kappa shape index (κ1) is 21.2. The predicted octanol–water partition coefficient (Wildman–Crippen LogP) is 2.54. The van der Waals surface area contributed by atoms with Gasteiger partial charge in [0.1, 0.15) is 5.70 Å². The van der Waals surface area contributed by atoms with Crippen molar-refractivity contribution in [1.29, 1.82) is 0 Å². The van der Waals surface area contributed by atoms with E-state index in [4.69, 9.17) is 13.9 Å². The zero-order valence-corrected chi connectivity index (χ0v) is 17.8. The van der Waals surface area contributed by atoms with Gasteiger partial charge in [0.05, 0.1) is 5.97 Å². The molecule has 0 fully saturated rings. The summed E-state index contributed by atoms with van der Waals surface area (Å²) in [6.45, 7) is 0.0920. The second kappa shape index (κ2) is 8.98. The van der Waals surface area contributed by atoms with Crippen molar-refractivity contribution in [3.8, 4) is 11.5 Å². The largest absolute Gasteiger partial charge is 0.545 e. The molecule has 9 nitrogen and oxygen atoms in total. The smallest absolute Gasteiger partial charge is 0.291 e. The van der Waals surface area contributed by atoms with Crippen LogP contribution in [0.5, 0.6) is 11.5 Å². The van der Waals surface area contributed by atoms with Gasteiger partial charge < -0.3 is 34.4 Å². The highest BCUT2D eigenvalue weighted by Crippen LogP contribution is 2.33. The quantitative estimate of drug-likeness (QED) is 0.500. The maximum Gasteiger partial charge on any atom is 0.291 e. The molecule has 1 aliphatic heterocycles. The first-order valence-electron chi connectivity index (χ1n) is 9.20. The van der Waals surface area contributed by atoms with Crippen LogP contribution < -0.4 is 25.2 Å². The second-order valence-corrected chi connectivity index (χ2v) is 7.33. The number of carbonyl (C=O) groups excluding carboxylic acids is 3. The molecule has 0 bridgehead atoms. The topological polar surface area (TPSA) is 130 Å². The molecule has 1 aromatic heterocycles. The van der Waals surface area contributed by atoms with E-state index in [-0.39, 0.29) is 29.5 Å². The van der Waals surface area contributed by atoms with Gasteiger partial charge in [-0.15, -0.1) is 0 Å². The van der Waals surface area contributed by atoms with Gasteiger partial charge in [-0.05, 0) is 69.5 Å². The van der Waals surface area contributed by atoms with E-state index in [1.54, 1.807) is 24.3 Å². The molecule has 0 saturated carbocycles. The van der Waals surface area contributed by atoms with Gasteiger partial charge in [0.15, 0.2) is 21.9 Å². The molecule has 0 spiro atoms. The van der Waals surface area contributed by atoms with Crippen molar-refractivity contribution in [2.75, 3.05) is 12.1 Å². The van der Waals surface area contributed by atoms with E-state index in [9.17, 15) is 19.5 Å². The predicted molar refractivity (Wildman–Crippen MR) is 114 cm³/mol. The van der Waals surface area contributed by atoms with Crippen LogP contribution in [0.4, 0.5) is 5.69 Å². The van der Waals surface area contributed by atoms with Crippen LogP contribution >= 0.6 is 15.9 Å². The van der Waals surface area contributed by atoms with Crippen LogP contribution in [0.2, 0.25) is 0 Å². The molecule has 0 radical (unpaired) electrons. The van der Waals surface area contributed by atoms with Crippen LogP contribution in [0.25, 0.3) is 6.08 Å². The summed E-state index contributed by atoms with van der Waals surface area (Å²) in [6.07, 6.45) is 1.44. The molecule has 0 saturated heterocycles. The van der Waals surface area contributed by atoms with E-state index in [0.29, 0.717) is 21.7 Å². The molecule has 4 rings (SSSR count). The number of anilines is 1. The average molecular weight is 498 g/mol. The van der Waals surface area contributed by atoms with Crippen LogP contribution in [0.3, 0.4) is 0 Å². The van der Waals surface area contributed by atoms with Gasteiger partial charge in [-0.3, -0.25) is 9.59 Å². The Balaban J connectivity index is 1.63. The monoisotopic (exact) mass is 497 g/mol. The van der Waals surface area contributed by atoms with Crippen molar-refractivity contribution in [3.05, 3.63) is 81.9 Å². The first-order valence-corrected chi connectivity index (χ1v) is 9.99. The van der Waals surface area contributed by atoms with Gasteiger partial charge in [-0.1, -0.05) is 18.2 Å². The van der Waals surface area contributed by atoms with Gasteiger partial charge in [0, 0.05) is 5.69 Å². The maximum absolute atomic E-state index is 13.0. The van der Waals surface area contributed by atoms with Gasteiger partial charge in [0.25, 0.3) is 11.8 Å². The Morgan fingerprint density at radius 2 is 1.81 bits per heavy atom. The van der Waals surface area contributed by atoms with Gasteiger partial charge in [-0.25, -0.2) is 0 Å². The normalized spacial score (nSPS) is 12.3. The molecule has 32 heavy (non-hydrogen) atoms. The van der Waals surface area contributed by atoms with E-state index in [2.05, 4.69) is 26.6 Å². The summed E-state index contributed by atoms with van der Waals surface area (Å²) >= 11 is 3.12. The number of furan rings is 1. The van der Waals surface area contributed by atoms with Crippen LogP contribution in [0.1, 0.15) is 26.5 Å². The van der Waals surface area contributed by atoms with E-state index >= 15 is 0 Å². The first-order chi connectivity index (χ1) is 15.4. The molecule has 2 heterocycles. The minimum atomic E-state index is -1.38. The zero-order valence-electron chi connectivity index (χ0n) is 16.2. The Hall–Kier alpha value is -4.05. The molecule has 2 N–H and O–H groups in total. The molecule has 0 unspecified atom stereocenters. The number of nitrogens with one attached hydrogen (secondary N) is 2. The number of amides is 2. The molecule has 0 atom stereocenters. The third-order valence-corrected chi connectivity index (χ3v) is 4.78. The van der Waals surface area contributed by atoms with Gasteiger partial charge >= 0.3 is 0 Å².